The molecule has 120 valence electrons. The van der Waals surface area contributed by atoms with Gasteiger partial charge in [-0.1, -0.05) is 6.92 Å². The highest BCUT2D eigenvalue weighted by Crippen LogP contribution is 2.11. The minimum atomic E-state index is -0.457. The van der Waals surface area contributed by atoms with Gasteiger partial charge in [0.15, 0.2) is 3.77 Å². The molecule has 0 aliphatic rings. The summed E-state index contributed by atoms with van der Waals surface area (Å²) in [7, 11) is 0. The van der Waals surface area contributed by atoms with E-state index in [1.165, 1.54) is 0 Å². The Morgan fingerprint density at radius 2 is 2.10 bits per heavy atom. The van der Waals surface area contributed by atoms with Gasteiger partial charge in [-0.3, -0.25) is 0 Å². The largest absolute Gasteiger partial charge is 0.454 e. The fraction of sp³-hybridized carbons (Fsp3) is 0.667. The number of carbonyl (C=O) groups excluding carboxylic acids is 1. The Morgan fingerprint density at radius 3 is 2.62 bits per heavy atom. The van der Waals surface area contributed by atoms with Crippen molar-refractivity contribution in [3.8, 4) is 0 Å². The van der Waals surface area contributed by atoms with Gasteiger partial charge in [0.05, 0.1) is 6.54 Å². The molecule has 0 aliphatic heterocycles. The van der Waals surface area contributed by atoms with Crippen LogP contribution in [0.3, 0.4) is 0 Å². The number of ether oxygens (including phenoxy) is 1. The van der Waals surface area contributed by atoms with Crippen molar-refractivity contribution in [3.05, 3.63) is 21.7 Å². The third-order valence-corrected chi connectivity index (χ3v) is 3.21. The van der Waals surface area contributed by atoms with Crippen LogP contribution in [0.4, 0.5) is 4.79 Å². The second kappa shape index (κ2) is 8.63. The van der Waals surface area contributed by atoms with E-state index >= 15 is 0 Å². The average Bonchev–Trinajstić information content (AvgIpc) is 2.77. The summed E-state index contributed by atoms with van der Waals surface area (Å²) in [5.41, 5.74) is -0.457. The molecule has 1 aromatic rings. The Kier molecular flexibility index (Phi) is 7.51. The maximum absolute atomic E-state index is 12.1. The van der Waals surface area contributed by atoms with E-state index in [1.807, 2.05) is 32.9 Å². The standard InChI is InChI=1S/C15H25IN2O3/c1-5-9-18(14(19)21-15(2,3)4)10-8-17-11-12-6-7-13(16)20-12/h6-7,17H,5,8-11H2,1-4H3. The van der Waals surface area contributed by atoms with E-state index in [1.54, 1.807) is 4.90 Å². The summed E-state index contributed by atoms with van der Waals surface area (Å²) >= 11 is 2.14. The molecule has 0 unspecified atom stereocenters. The molecule has 0 saturated heterocycles. The van der Waals surface area contributed by atoms with Gasteiger partial charge in [-0.25, -0.2) is 4.79 Å². The zero-order valence-electron chi connectivity index (χ0n) is 13.2. The Hall–Kier alpha value is -0.760. The summed E-state index contributed by atoms with van der Waals surface area (Å²) in [6.45, 7) is 10.4. The molecule has 1 N–H and O–H groups in total. The zero-order valence-corrected chi connectivity index (χ0v) is 15.4. The number of hydrogen-bond acceptors (Lipinski definition) is 4. The number of furan rings is 1. The molecule has 0 saturated carbocycles. The molecule has 1 aromatic heterocycles. The first-order valence-corrected chi connectivity index (χ1v) is 8.32. The molecule has 0 fully saturated rings. The van der Waals surface area contributed by atoms with Gasteiger partial charge in [-0.2, -0.15) is 0 Å². The first kappa shape index (κ1) is 18.3. The lowest BCUT2D eigenvalue weighted by Gasteiger charge is -2.27. The van der Waals surface area contributed by atoms with Crippen molar-refractivity contribution in [2.45, 2.75) is 46.3 Å². The Morgan fingerprint density at radius 1 is 1.38 bits per heavy atom. The summed E-state index contributed by atoms with van der Waals surface area (Å²) < 4.78 is 11.8. The minimum Gasteiger partial charge on any atom is -0.454 e. The number of nitrogens with one attached hydrogen (secondary N) is 1. The van der Waals surface area contributed by atoms with Gasteiger partial charge in [0.25, 0.3) is 0 Å². The van der Waals surface area contributed by atoms with Crippen molar-refractivity contribution in [1.82, 2.24) is 10.2 Å². The SMILES string of the molecule is CCCN(CCNCc1ccc(I)o1)C(=O)OC(C)(C)C. The Balaban J connectivity index is 2.35. The summed E-state index contributed by atoms with van der Waals surface area (Å²) in [4.78, 5) is 13.8. The van der Waals surface area contributed by atoms with Gasteiger partial charge in [0.2, 0.25) is 0 Å². The van der Waals surface area contributed by atoms with Crippen molar-refractivity contribution in [3.63, 3.8) is 0 Å². The van der Waals surface area contributed by atoms with Gasteiger partial charge in [-0.15, -0.1) is 0 Å². The minimum absolute atomic E-state index is 0.251. The fourth-order valence-electron chi connectivity index (χ4n) is 1.76. The molecule has 0 aromatic carbocycles. The number of hydrogen-bond donors (Lipinski definition) is 1. The summed E-state index contributed by atoms with van der Waals surface area (Å²) in [5.74, 6) is 0.902. The van der Waals surface area contributed by atoms with E-state index in [4.69, 9.17) is 9.15 Å². The van der Waals surface area contributed by atoms with Crippen molar-refractivity contribution in [2.75, 3.05) is 19.6 Å². The van der Waals surface area contributed by atoms with E-state index < -0.39 is 5.60 Å². The predicted octanol–water partition coefficient (Wildman–Crippen LogP) is 3.62. The third kappa shape index (κ3) is 7.71. The zero-order chi connectivity index (χ0) is 15.9. The molecule has 21 heavy (non-hydrogen) atoms. The lowest BCUT2D eigenvalue weighted by Crippen LogP contribution is -2.40. The Labute approximate surface area is 140 Å². The fourth-order valence-corrected chi connectivity index (χ4v) is 2.23. The van der Waals surface area contributed by atoms with E-state index in [2.05, 4.69) is 34.8 Å². The molecule has 1 amide bonds. The first-order valence-electron chi connectivity index (χ1n) is 7.24. The second-order valence-corrected chi connectivity index (χ2v) is 6.91. The highest BCUT2D eigenvalue weighted by atomic mass is 127. The van der Waals surface area contributed by atoms with E-state index in [-0.39, 0.29) is 6.09 Å². The summed E-state index contributed by atoms with van der Waals surface area (Å²) in [6, 6.07) is 3.88. The van der Waals surface area contributed by atoms with Gasteiger partial charge >= 0.3 is 6.09 Å². The monoisotopic (exact) mass is 408 g/mol. The lowest BCUT2D eigenvalue weighted by atomic mass is 10.2. The molecule has 1 rings (SSSR count). The Bertz CT molecular complexity index is 440. The van der Waals surface area contributed by atoms with Crippen LogP contribution in [0.25, 0.3) is 0 Å². The predicted molar refractivity (Wildman–Crippen MR) is 91.2 cm³/mol. The van der Waals surface area contributed by atoms with Crippen LogP contribution in [0.1, 0.15) is 39.9 Å². The molecule has 6 heteroatoms. The van der Waals surface area contributed by atoms with Crippen molar-refractivity contribution < 1.29 is 13.9 Å². The number of halogens is 1. The lowest BCUT2D eigenvalue weighted by molar-refractivity contribution is 0.0251. The second-order valence-electron chi connectivity index (χ2n) is 5.85. The van der Waals surface area contributed by atoms with E-state index in [0.717, 1.165) is 15.9 Å². The van der Waals surface area contributed by atoms with E-state index in [9.17, 15) is 4.79 Å². The van der Waals surface area contributed by atoms with E-state index in [0.29, 0.717) is 26.2 Å². The maximum atomic E-state index is 12.1. The van der Waals surface area contributed by atoms with Crippen molar-refractivity contribution in [1.29, 1.82) is 0 Å². The maximum Gasteiger partial charge on any atom is 0.410 e. The highest BCUT2D eigenvalue weighted by molar-refractivity contribution is 14.1. The molecule has 0 bridgehead atoms. The van der Waals surface area contributed by atoms with Gasteiger partial charge < -0.3 is 19.4 Å². The molecule has 0 atom stereocenters. The highest BCUT2D eigenvalue weighted by Gasteiger charge is 2.21. The quantitative estimate of drug-likeness (QED) is 0.553. The summed E-state index contributed by atoms with van der Waals surface area (Å²) in [5, 5.41) is 3.28. The van der Waals surface area contributed by atoms with Crippen LogP contribution in [-0.2, 0) is 11.3 Å². The number of carbonyl (C=O) groups is 1. The van der Waals surface area contributed by atoms with Crippen LogP contribution in [0.15, 0.2) is 16.5 Å². The number of nitrogens with zero attached hydrogens (tertiary/aromatic N) is 1. The van der Waals surface area contributed by atoms with Crippen LogP contribution in [0.2, 0.25) is 0 Å². The third-order valence-electron chi connectivity index (χ3n) is 2.63. The van der Waals surface area contributed by atoms with Crippen LogP contribution in [-0.4, -0.2) is 36.2 Å². The van der Waals surface area contributed by atoms with Gasteiger partial charge in [0.1, 0.15) is 11.4 Å². The normalized spacial score (nSPS) is 11.5. The van der Waals surface area contributed by atoms with Crippen molar-refractivity contribution in [2.24, 2.45) is 0 Å². The topological polar surface area (TPSA) is 54.7 Å². The van der Waals surface area contributed by atoms with Gasteiger partial charge in [-0.05, 0) is 61.9 Å². The number of rotatable bonds is 7. The van der Waals surface area contributed by atoms with Crippen LogP contribution >= 0.6 is 22.6 Å². The van der Waals surface area contributed by atoms with Crippen LogP contribution < -0.4 is 5.32 Å². The van der Waals surface area contributed by atoms with Gasteiger partial charge in [0, 0.05) is 19.6 Å². The molecular weight excluding hydrogens is 383 g/mol. The molecule has 0 radical (unpaired) electrons. The van der Waals surface area contributed by atoms with Crippen molar-refractivity contribution >= 4 is 28.7 Å². The van der Waals surface area contributed by atoms with Crippen LogP contribution in [0, 0.1) is 3.77 Å². The average molecular weight is 408 g/mol. The molecule has 5 nitrogen and oxygen atoms in total. The molecule has 0 spiro atoms. The van der Waals surface area contributed by atoms with Crippen LogP contribution in [0.5, 0.6) is 0 Å². The first-order chi connectivity index (χ1) is 9.81. The molecule has 0 aliphatic carbocycles. The number of amides is 1. The summed E-state index contributed by atoms with van der Waals surface area (Å²) in [6.07, 6.45) is 0.661. The molecule has 1 heterocycles. The molecular formula is C15H25IN2O3. The smallest absolute Gasteiger partial charge is 0.410 e.